The Morgan fingerprint density at radius 1 is 0.781 bits per heavy atom. The molecule has 0 saturated heterocycles. The maximum atomic E-state index is 12.5. The van der Waals surface area contributed by atoms with E-state index in [1.54, 1.807) is 0 Å². The van der Waals surface area contributed by atoms with Gasteiger partial charge in [-0.05, 0) is 85.0 Å². The van der Waals surface area contributed by atoms with Crippen LogP contribution in [0.2, 0.25) is 0 Å². The van der Waals surface area contributed by atoms with E-state index in [2.05, 4.69) is 48.5 Å². The number of anilines is 5. The van der Waals surface area contributed by atoms with Crippen molar-refractivity contribution in [2.45, 2.75) is 13.8 Å². The summed E-state index contributed by atoms with van der Waals surface area (Å²) in [5.74, 6) is 1.08. The van der Waals surface area contributed by atoms with Crippen molar-refractivity contribution in [2.24, 2.45) is 0 Å². The van der Waals surface area contributed by atoms with Gasteiger partial charge in [0.05, 0.1) is 5.56 Å². The van der Waals surface area contributed by atoms with E-state index < -0.39 is 0 Å². The van der Waals surface area contributed by atoms with Gasteiger partial charge < -0.3 is 16.0 Å². The first kappa shape index (κ1) is 21.8. The van der Waals surface area contributed by atoms with Crippen molar-refractivity contribution in [1.82, 2.24) is 9.97 Å². The molecule has 0 atom stereocenters. The average Bonchev–Trinajstić information content (AvgIpc) is 2.76. The van der Waals surface area contributed by atoms with Gasteiger partial charge in [0, 0.05) is 32.4 Å². The number of hydrogen-bond donors (Lipinski definition) is 3. The minimum atomic E-state index is -0.131. The van der Waals surface area contributed by atoms with Crippen LogP contribution >= 0.6 is 22.6 Å². The number of nitrogens with zero attached hydrogens (tertiary/aromatic N) is 2. The van der Waals surface area contributed by atoms with E-state index in [0.717, 1.165) is 26.3 Å². The van der Waals surface area contributed by atoms with Crippen LogP contribution in [0, 0.1) is 17.4 Å². The zero-order valence-corrected chi connectivity index (χ0v) is 19.8. The maximum absolute atomic E-state index is 12.5. The molecule has 1 heterocycles. The predicted molar refractivity (Wildman–Crippen MR) is 138 cm³/mol. The van der Waals surface area contributed by atoms with E-state index in [9.17, 15) is 4.79 Å². The third kappa shape index (κ3) is 5.61. The highest BCUT2D eigenvalue weighted by atomic mass is 127. The molecule has 1 amide bonds. The molecule has 3 N–H and O–H groups in total. The van der Waals surface area contributed by atoms with Gasteiger partial charge in [0.2, 0.25) is 5.95 Å². The number of rotatable bonds is 6. The second kappa shape index (κ2) is 9.78. The van der Waals surface area contributed by atoms with Crippen molar-refractivity contribution in [3.05, 3.63) is 99.3 Å². The van der Waals surface area contributed by atoms with Crippen LogP contribution in [-0.2, 0) is 0 Å². The zero-order valence-electron chi connectivity index (χ0n) is 17.7. The third-order valence-corrected chi connectivity index (χ3v) is 5.64. The Kier molecular flexibility index (Phi) is 6.65. The highest BCUT2D eigenvalue weighted by Crippen LogP contribution is 2.22. The fraction of sp³-hybridized carbons (Fsp3) is 0.0800. The molecular formula is C25H22IN5O. The lowest BCUT2D eigenvalue weighted by molar-refractivity contribution is 0.102. The van der Waals surface area contributed by atoms with E-state index in [1.807, 2.05) is 92.7 Å². The molecular weight excluding hydrogens is 513 g/mol. The molecule has 0 bridgehead atoms. The SMILES string of the molecule is Cc1ccc(Nc2nc(C)cc(Nc3ccc(NC(=O)c4ccccc4I)cc3)n2)cc1. The number of benzene rings is 3. The Labute approximate surface area is 200 Å². The number of aromatic nitrogens is 2. The molecule has 160 valence electrons. The smallest absolute Gasteiger partial charge is 0.256 e. The lowest BCUT2D eigenvalue weighted by Gasteiger charge is -2.11. The number of carbonyl (C=O) groups excluding carboxylic acids is 1. The minimum Gasteiger partial charge on any atom is -0.340 e. The molecule has 0 fully saturated rings. The summed E-state index contributed by atoms with van der Waals surface area (Å²) in [6, 6.07) is 25.0. The average molecular weight is 535 g/mol. The van der Waals surface area contributed by atoms with Gasteiger partial charge in [-0.2, -0.15) is 4.98 Å². The van der Waals surface area contributed by atoms with Crippen molar-refractivity contribution in [2.75, 3.05) is 16.0 Å². The molecule has 0 radical (unpaired) electrons. The molecule has 6 nitrogen and oxygen atoms in total. The molecule has 0 aliphatic carbocycles. The highest BCUT2D eigenvalue weighted by molar-refractivity contribution is 14.1. The second-order valence-electron chi connectivity index (χ2n) is 7.35. The highest BCUT2D eigenvalue weighted by Gasteiger charge is 2.09. The molecule has 0 aliphatic rings. The van der Waals surface area contributed by atoms with Gasteiger partial charge in [-0.15, -0.1) is 0 Å². The molecule has 4 rings (SSSR count). The number of hydrogen-bond acceptors (Lipinski definition) is 5. The summed E-state index contributed by atoms with van der Waals surface area (Å²) in [7, 11) is 0. The van der Waals surface area contributed by atoms with Crippen LogP contribution in [-0.4, -0.2) is 15.9 Å². The molecule has 0 saturated carbocycles. The standard InChI is InChI=1S/C25H22IN5O/c1-16-7-9-20(10-8-16)30-25-27-17(2)15-23(31-25)28-18-11-13-19(14-12-18)29-24(32)21-5-3-4-6-22(21)26/h3-15H,1-2H3,(H,29,32)(H2,27,28,30,31). The van der Waals surface area contributed by atoms with Crippen LogP contribution in [0.3, 0.4) is 0 Å². The number of amides is 1. The summed E-state index contributed by atoms with van der Waals surface area (Å²) >= 11 is 2.16. The number of carbonyl (C=O) groups is 1. The maximum Gasteiger partial charge on any atom is 0.256 e. The first-order valence-corrected chi connectivity index (χ1v) is 11.2. The van der Waals surface area contributed by atoms with Crippen molar-refractivity contribution < 1.29 is 4.79 Å². The Balaban J connectivity index is 1.44. The van der Waals surface area contributed by atoms with E-state index in [0.29, 0.717) is 17.3 Å². The minimum absolute atomic E-state index is 0.131. The third-order valence-electron chi connectivity index (χ3n) is 4.70. The Morgan fingerprint density at radius 3 is 2.12 bits per heavy atom. The predicted octanol–water partition coefficient (Wildman–Crippen LogP) is 6.44. The first-order valence-electron chi connectivity index (χ1n) is 10.1. The fourth-order valence-electron chi connectivity index (χ4n) is 3.08. The monoisotopic (exact) mass is 535 g/mol. The van der Waals surface area contributed by atoms with Gasteiger partial charge in [-0.1, -0.05) is 29.8 Å². The van der Waals surface area contributed by atoms with Crippen LogP contribution in [0.5, 0.6) is 0 Å². The first-order chi connectivity index (χ1) is 15.5. The van der Waals surface area contributed by atoms with Crippen LogP contribution in [0.25, 0.3) is 0 Å². The summed E-state index contributed by atoms with van der Waals surface area (Å²) in [4.78, 5) is 21.5. The van der Waals surface area contributed by atoms with Gasteiger partial charge in [-0.25, -0.2) is 4.98 Å². The topological polar surface area (TPSA) is 78.9 Å². The van der Waals surface area contributed by atoms with Crippen molar-refractivity contribution in [1.29, 1.82) is 0 Å². The van der Waals surface area contributed by atoms with Crippen LogP contribution in [0.1, 0.15) is 21.6 Å². The Morgan fingerprint density at radius 2 is 1.41 bits per heavy atom. The summed E-state index contributed by atoms with van der Waals surface area (Å²) in [5.41, 5.74) is 5.21. The van der Waals surface area contributed by atoms with Crippen LogP contribution in [0.15, 0.2) is 78.9 Å². The van der Waals surface area contributed by atoms with Gasteiger partial charge in [0.1, 0.15) is 5.82 Å². The fourth-order valence-corrected chi connectivity index (χ4v) is 3.72. The molecule has 3 aromatic carbocycles. The van der Waals surface area contributed by atoms with Gasteiger partial charge in [0.25, 0.3) is 5.91 Å². The summed E-state index contributed by atoms with van der Waals surface area (Å²) in [6.45, 7) is 3.98. The summed E-state index contributed by atoms with van der Waals surface area (Å²) in [5, 5.41) is 9.47. The summed E-state index contributed by atoms with van der Waals surface area (Å²) < 4.78 is 0.912. The number of nitrogens with one attached hydrogen (secondary N) is 3. The van der Waals surface area contributed by atoms with E-state index in [1.165, 1.54) is 5.56 Å². The lowest BCUT2D eigenvalue weighted by Crippen LogP contribution is -2.13. The second-order valence-corrected chi connectivity index (χ2v) is 8.51. The lowest BCUT2D eigenvalue weighted by atomic mass is 10.2. The molecule has 32 heavy (non-hydrogen) atoms. The molecule has 0 unspecified atom stereocenters. The molecule has 4 aromatic rings. The largest absolute Gasteiger partial charge is 0.340 e. The van der Waals surface area contributed by atoms with Crippen molar-refractivity contribution >= 4 is 57.3 Å². The van der Waals surface area contributed by atoms with Crippen molar-refractivity contribution in [3.8, 4) is 0 Å². The van der Waals surface area contributed by atoms with Gasteiger partial charge in [-0.3, -0.25) is 4.79 Å². The number of halogens is 1. The van der Waals surface area contributed by atoms with Gasteiger partial charge >= 0.3 is 0 Å². The molecule has 7 heteroatoms. The van der Waals surface area contributed by atoms with E-state index in [4.69, 9.17) is 0 Å². The van der Waals surface area contributed by atoms with E-state index in [-0.39, 0.29) is 5.91 Å². The summed E-state index contributed by atoms with van der Waals surface area (Å²) in [6.07, 6.45) is 0. The Bertz CT molecular complexity index is 1240. The molecule has 1 aromatic heterocycles. The number of aryl methyl sites for hydroxylation is 2. The molecule has 0 spiro atoms. The normalized spacial score (nSPS) is 10.5. The zero-order chi connectivity index (χ0) is 22.5. The van der Waals surface area contributed by atoms with Crippen molar-refractivity contribution in [3.63, 3.8) is 0 Å². The van der Waals surface area contributed by atoms with Crippen LogP contribution < -0.4 is 16.0 Å². The Hall–Kier alpha value is -3.46. The molecule has 0 aliphatic heterocycles. The van der Waals surface area contributed by atoms with Crippen LogP contribution in [0.4, 0.5) is 28.8 Å². The quantitative estimate of drug-likeness (QED) is 0.248. The van der Waals surface area contributed by atoms with E-state index >= 15 is 0 Å². The van der Waals surface area contributed by atoms with Gasteiger partial charge in [0.15, 0.2) is 0 Å².